The van der Waals surface area contributed by atoms with E-state index in [0.717, 1.165) is 10.8 Å². The number of likely N-dealkylation sites (tertiary alicyclic amines) is 1. The van der Waals surface area contributed by atoms with Crippen LogP contribution >= 0.6 is 15.9 Å². The Kier molecular flexibility index (Phi) is 10.3. The van der Waals surface area contributed by atoms with Crippen molar-refractivity contribution in [2.24, 2.45) is 11.8 Å². The largest absolute Gasteiger partial charge is 0.455 e. The summed E-state index contributed by atoms with van der Waals surface area (Å²) in [4.78, 5) is 61.0. The van der Waals surface area contributed by atoms with Gasteiger partial charge < -0.3 is 34.4 Å². The van der Waals surface area contributed by atoms with Crippen LogP contribution in [0.15, 0.2) is 95.5 Å². The molecule has 2 fully saturated rings. The Hall–Kier alpha value is -4.36. The van der Waals surface area contributed by atoms with Crippen molar-refractivity contribution in [3.63, 3.8) is 0 Å². The van der Waals surface area contributed by atoms with Gasteiger partial charge in [-0.2, -0.15) is 0 Å². The van der Waals surface area contributed by atoms with Crippen molar-refractivity contribution in [2.75, 3.05) is 31.8 Å². The van der Waals surface area contributed by atoms with Crippen molar-refractivity contribution in [3.05, 3.63) is 101 Å². The summed E-state index contributed by atoms with van der Waals surface area (Å²) in [5.74, 6) is -4.09. The summed E-state index contributed by atoms with van der Waals surface area (Å²) in [6, 6.07) is 20.0. The van der Waals surface area contributed by atoms with E-state index in [2.05, 4.69) is 21.2 Å². The molecule has 11 nitrogen and oxygen atoms in total. The van der Waals surface area contributed by atoms with E-state index in [9.17, 15) is 19.5 Å². The number of ether oxygens (including phenoxy) is 3. The van der Waals surface area contributed by atoms with Crippen molar-refractivity contribution in [1.82, 2.24) is 10.2 Å². The molecule has 12 heteroatoms. The summed E-state index contributed by atoms with van der Waals surface area (Å²) < 4.78 is 19.0. The maximum absolute atomic E-state index is 15.2. The van der Waals surface area contributed by atoms with Gasteiger partial charge in [0.25, 0.3) is 5.91 Å². The van der Waals surface area contributed by atoms with Gasteiger partial charge >= 0.3 is 5.97 Å². The minimum Gasteiger partial charge on any atom is -0.455 e. The first-order chi connectivity index (χ1) is 25.2. The number of rotatable bonds is 7. The highest BCUT2D eigenvalue weighted by atomic mass is 79.9. The first kappa shape index (κ1) is 36.0. The maximum Gasteiger partial charge on any atom is 0.313 e. The molecular formula is C40H42BrN3O8. The molecule has 4 aliphatic rings. The molecule has 0 saturated carbocycles. The third-order valence-corrected chi connectivity index (χ3v) is 11.4. The van der Waals surface area contributed by atoms with Crippen LogP contribution < -0.4 is 10.2 Å². The van der Waals surface area contributed by atoms with E-state index in [1.807, 2.05) is 79.7 Å². The van der Waals surface area contributed by atoms with E-state index in [4.69, 9.17) is 14.2 Å². The van der Waals surface area contributed by atoms with E-state index < -0.39 is 65.6 Å². The lowest BCUT2D eigenvalue weighted by atomic mass is 9.74. The number of esters is 1. The van der Waals surface area contributed by atoms with Crippen molar-refractivity contribution in [2.45, 2.75) is 62.1 Å². The Morgan fingerprint density at radius 3 is 2.46 bits per heavy atom. The number of amides is 3. The van der Waals surface area contributed by atoms with Crippen LogP contribution in [0.3, 0.4) is 0 Å². The second-order valence-electron chi connectivity index (χ2n) is 13.7. The average Bonchev–Trinajstić information content (AvgIpc) is 3.75. The van der Waals surface area contributed by atoms with Gasteiger partial charge in [0.1, 0.15) is 29.8 Å². The fourth-order valence-corrected chi connectivity index (χ4v) is 8.97. The van der Waals surface area contributed by atoms with E-state index in [0.29, 0.717) is 28.6 Å². The predicted octanol–water partition coefficient (Wildman–Crippen LogP) is 4.58. The van der Waals surface area contributed by atoms with Crippen molar-refractivity contribution >= 4 is 56.1 Å². The molecule has 5 bridgehead atoms. The topological polar surface area (TPSA) is 135 Å². The summed E-state index contributed by atoms with van der Waals surface area (Å²) in [5.41, 5.74) is -0.291. The summed E-state index contributed by atoms with van der Waals surface area (Å²) in [6.45, 7) is 1.64. The molecule has 2 N–H and O–H groups in total. The monoisotopic (exact) mass is 771 g/mol. The number of nitrogens with zero attached hydrogens (tertiary/aromatic N) is 2. The maximum atomic E-state index is 15.2. The van der Waals surface area contributed by atoms with Crippen molar-refractivity contribution in [3.8, 4) is 0 Å². The molecule has 2 saturated heterocycles. The molecule has 0 aliphatic carbocycles. The van der Waals surface area contributed by atoms with E-state index in [1.165, 1.54) is 12.0 Å². The molecule has 4 heterocycles. The lowest BCUT2D eigenvalue weighted by Gasteiger charge is -2.38. The van der Waals surface area contributed by atoms with Gasteiger partial charge in [-0.15, -0.1) is 0 Å². The zero-order valence-electron chi connectivity index (χ0n) is 29.0. The fourth-order valence-electron chi connectivity index (χ4n) is 8.23. The molecule has 3 aromatic carbocycles. The second-order valence-corrected chi connectivity index (χ2v) is 14.6. The number of hydrogen-bond acceptors (Lipinski definition) is 8. The summed E-state index contributed by atoms with van der Waals surface area (Å²) in [7, 11) is 1.51. The lowest BCUT2D eigenvalue weighted by molar-refractivity contribution is -0.162. The third kappa shape index (κ3) is 6.25. The Labute approximate surface area is 310 Å². The minimum atomic E-state index is -1.53. The zero-order valence-corrected chi connectivity index (χ0v) is 30.6. The summed E-state index contributed by atoms with van der Waals surface area (Å²) in [5, 5.41) is 15.5. The van der Waals surface area contributed by atoms with Crippen molar-refractivity contribution in [1.29, 1.82) is 0 Å². The number of aliphatic hydroxyl groups is 1. The molecule has 0 unspecified atom stereocenters. The van der Waals surface area contributed by atoms with Crippen LogP contribution in [0.25, 0.3) is 10.8 Å². The average molecular weight is 773 g/mol. The highest BCUT2D eigenvalue weighted by Crippen LogP contribution is 2.59. The van der Waals surface area contributed by atoms with Crippen LogP contribution in [0.4, 0.5) is 5.69 Å². The number of anilines is 1. The van der Waals surface area contributed by atoms with E-state index >= 15 is 4.79 Å². The number of carbonyl (C=O) groups is 4. The number of halogens is 1. The molecule has 3 amide bonds. The van der Waals surface area contributed by atoms with Gasteiger partial charge in [0.2, 0.25) is 11.8 Å². The van der Waals surface area contributed by atoms with Crippen LogP contribution in [-0.2, 0) is 33.4 Å². The number of allylic oxidation sites excluding steroid dienone is 1. The Morgan fingerprint density at radius 1 is 0.981 bits per heavy atom. The molecule has 0 radical (unpaired) electrons. The van der Waals surface area contributed by atoms with Crippen LogP contribution in [0.1, 0.15) is 37.9 Å². The molecule has 272 valence electrons. The number of carbonyl (C=O) groups excluding carboxylic acids is 4. The molecule has 4 aliphatic heterocycles. The number of methoxy groups -OCH3 is 1. The second kappa shape index (κ2) is 14.9. The van der Waals surface area contributed by atoms with Gasteiger partial charge in [0.15, 0.2) is 0 Å². The van der Waals surface area contributed by atoms with Crippen LogP contribution in [0, 0.1) is 11.8 Å². The van der Waals surface area contributed by atoms with Gasteiger partial charge in [0, 0.05) is 30.2 Å². The smallest absolute Gasteiger partial charge is 0.313 e. The number of hydrogen-bond donors (Lipinski definition) is 2. The Bertz CT molecular complexity index is 1910. The molecule has 8 atom stereocenters. The highest BCUT2D eigenvalue weighted by Gasteiger charge is 2.75. The molecule has 3 aromatic rings. The Balaban J connectivity index is 1.37. The standard InChI is InChI=1S/C40H42BrN3O8/c1-3-27(22-45)44-36-38(48)43(28-18-17-24-12-9-10-15-26(24)20-28)19-11-5-8-16-31(46)42-30(23-50-2)34(25-13-6-4-7-14-25)51-39(49)32-33(37(44)47)40(36)21-29(41)35(32)52-40/h4-7,9-15,17-18,20-21,27,30,32-36,45H,3,8,16,19,22-23H2,1-2H3,(H,42,46)/b11-5-/t27-,30-,32+,33-,34-,35+,36+,40-/m0/s1. The van der Waals surface area contributed by atoms with Gasteiger partial charge in [-0.25, -0.2) is 0 Å². The number of aliphatic hydroxyl groups excluding tert-OH is 1. The van der Waals surface area contributed by atoms with Gasteiger partial charge in [-0.05, 0) is 47.4 Å². The highest BCUT2D eigenvalue weighted by molar-refractivity contribution is 9.11. The molecule has 52 heavy (non-hydrogen) atoms. The third-order valence-electron chi connectivity index (χ3n) is 10.7. The minimum absolute atomic E-state index is 0.0503. The molecule has 7 rings (SSSR count). The van der Waals surface area contributed by atoms with Crippen LogP contribution in [0.5, 0.6) is 0 Å². The number of fused-ring (bicyclic) bond motifs is 3. The molecule has 0 aromatic heterocycles. The van der Waals surface area contributed by atoms with Crippen LogP contribution in [0.2, 0.25) is 0 Å². The molecular weight excluding hydrogens is 730 g/mol. The zero-order chi connectivity index (χ0) is 36.6. The number of nitrogens with one attached hydrogen (secondary N) is 1. The number of benzene rings is 3. The normalized spacial score (nSPS) is 30.6. The van der Waals surface area contributed by atoms with Crippen LogP contribution in [-0.4, -0.2) is 90.4 Å². The van der Waals surface area contributed by atoms with Crippen molar-refractivity contribution < 1.29 is 38.5 Å². The lowest BCUT2D eigenvalue weighted by Crippen LogP contribution is -2.58. The van der Waals surface area contributed by atoms with Gasteiger partial charge in [0.05, 0.1) is 31.2 Å². The predicted molar refractivity (Wildman–Crippen MR) is 197 cm³/mol. The van der Waals surface area contributed by atoms with Gasteiger partial charge in [-0.1, -0.05) is 95.7 Å². The quantitative estimate of drug-likeness (QED) is 0.264. The van der Waals surface area contributed by atoms with E-state index in [-0.39, 0.29) is 32.1 Å². The fraction of sp³-hybridized carbons (Fsp3) is 0.400. The summed E-state index contributed by atoms with van der Waals surface area (Å²) in [6.07, 6.45) is 4.48. The SMILES string of the molecule is CC[C@@H](CO)N1C(=O)[C@@H]2[C@H]3C(=O)O[C@@H](c4ccccc4)[C@H](COC)NC(=O)CC/C=C\CN(c4ccc5ccccc5c4)C(=O)[C@@H]1[C@]21C=C(Br)[C@H]3O1. The van der Waals surface area contributed by atoms with Gasteiger partial charge in [-0.3, -0.25) is 19.2 Å². The van der Waals surface area contributed by atoms with E-state index in [1.54, 1.807) is 23.1 Å². The molecule has 1 spiro atoms. The number of cyclic esters (lactones) is 1. The Morgan fingerprint density at radius 2 is 1.73 bits per heavy atom. The summed E-state index contributed by atoms with van der Waals surface area (Å²) >= 11 is 3.62. The first-order valence-corrected chi connectivity index (χ1v) is 18.5. The first-order valence-electron chi connectivity index (χ1n) is 17.7.